The number of halogens is 1. The van der Waals surface area contributed by atoms with E-state index in [1.165, 1.54) is 0 Å². The molecule has 2 rings (SSSR count). The van der Waals surface area contributed by atoms with E-state index < -0.39 is 0 Å². The highest BCUT2D eigenvalue weighted by molar-refractivity contribution is 6.28. The van der Waals surface area contributed by atoms with Crippen molar-refractivity contribution in [3.05, 3.63) is 17.5 Å². The van der Waals surface area contributed by atoms with Crippen molar-refractivity contribution in [1.29, 1.82) is 0 Å². The van der Waals surface area contributed by atoms with E-state index in [-0.39, 0.29) is 0 Å². The highest BCUT2D eigenvalue weighted by atomic mass is 35.5. The average molecular weight is 184 g/mol. The van der Waals surface area contributed by atoms with Crippen molar-refractivity contribution in [1.82, 2.24) is 9.97 Å². The molecule has 4 heteroatoms. The van der Waals surface area contributed by atoms with Gasteiger partial charge < -0.3 is 4.90 Å². The SMILES string of the molecule is CC1CN(c2ccnc(Cl)n2)C1. The predicted octanol–water partition coefficient (Wildman–Crippen LogP) is 1.59. The third-order valence-corrected chi connectivity index (χ3v) is 2.18. The van der Waals surface area contributed by atoms with Crippen LogP contribution in [0.3, 0.4) is 0 Å². The molecule has 0 radical (unpaired) electrons. The monoisotopic (exact) mass is 183 g/mol. The van der Waals surface area contributed by atoms with Gasteiger partial charge in [0, 0.05) is 19.3 Å². The molecular formula is C8H10ClN3. The number of nitrogens with zero attached hydrogens (tertiary/aromatic N) is 3. The zero-order valence-corrected chi connectivity index (χ0v) is 7.62. The van der Waals surface area contributed by atoms with Crippen LogP contribution in [0.4, 0.5) is 5.82 Å². The first kappa shape index (κ1) is 7.80. The second kappa shape index (κ2) is 2.90. The maximum absolute atomic E-state index is 5.66. The van der Waals surface area contributed by atoms with E-state index in [4.69, 9.17) is 11.6 Å². The summed E-state index contributed by atoms with van der Waals surface area (Å²) < 4.78 is 0. The van der Waals surface area contributed by atoms with Gasteiger partial charge in [-0.3, -0.25) is 0 Å². The summed E-state index contributed by atoms with van der Waals surface area (Å²) in [5, 5.41) is 0.326. The smallest absolute Gasteiger partial charge is 0.224 e. The molecule has 1 fully saturated rings. The van der Waals surface area contributed by atoms with Gasteiger partial charge in [0.05, 0.1) is 0 Å². The van der Waals surface area contributed by atoms with Crippen molar-refractivity contribution in [2.45, 2.75) is 6.92 Å². The second-order valence-corrected chi connectivity index (χ2v) is 3.53. The summed E-state index contributed by atoms with van der Waals surface area (Å²) in [6, 6.07) is 1.89. The lowest BCUT2D eigenvalue weighted by Crippen LogP contribution is -2.45. The Kier molecular flexibility index (Phi) is 1.89. The average Bonchev–Trinajstić information content (AvgIpc) is 1.99. The molecule has 1 aromatic heterocycles. The van der Waals surface area contributed by atoms with E-state index in [1.54, 1.807) is 6.20 Å². The molecule has 1 aliphatic rings. The topological polar surface area (TPSA) is 29.0 Å². The zero-order chi connectivity index (χ0) is 8.55. The van der Waals surface area contributed by atoms with Crippen LogP contribution < -0.4 is 4.90 Å². The Morgan fingerprint density at radius 3 is 2.92 bits per heavy atom. The normalized spacial score (nSPS) is 17.7. The van der Waals surface area contributed by atoms with Gasteiger partial charge in [0.25, 0.3) is 0 Å². The Morgan fingerprint density at radius 1 is 1.58 bits per heavy atom. The molecule has 0 amide bonds. The Labute approximate surface area is 76.4 Å². The fourth-order valence-corrected chi connectivity index (χ4v) is 1.53. The zero-order valence-electron chi connectivity index (χ0n) is 6.87. The van der Waals surface area contributed by atoms with Gasteiger partial charge >= 0.3 is 0 Å². The third-order valence-electron chi connectivity index (χ3n) is 2.00. The van der Waals surface area contributed by atoms with Crippen molar-refractivity contribution in [2.24, 2.45) is 5.92 Å². The van der Waals surface area contributed by atoms with Crippen LogP contribution in [0.2, 0.25) is 5.28 Å². The summed E-state index contributed by atoms with van der Waals surface area (Å²) in [5.74, 6) is 1.71. The Balaban J connectivity index is 2.13. The van der Waals surface area contributed by atoms with Crippen LogP contribution >= 0.6 is 11.6 Å². The summed E-state index contributed by atoms with van der Waals surface area (Å²) in [4.78, 5) is 10.1. The van der Waals surface area contributed by atoms with Crippen LogP contribution in [0, 0.1) is 5.92 Å². The van der Waals surface area contributed by atoms with Crippen LogP contribution in [0.1, 0.15) is 6.92 Å². The maximum Gasteiger partial charge on any atom is 0.224 e. The van der Waals surface area contributed by atoms with E-state index in [2.05, 4.69) is 21.8 Å². The fraction of sp³-hybridized carbons (Fsp3) is 0.500. The Hall–Kier alpha value is -0.830. The lowest BCUT2D eigenvalue weighted by molar-refractivity contribution is 0.443. The van der Waals surface area contributed by atoms with E-state index in [0.717, 1.165) is 24.8 Å². The lowest BCUT2D eigenvalue weighted by atomic mass is 10.0. The van der Waals surface area contributed by atoms with Gasteiger partial charge in [-0.25, -0.2) is 9.97 Å². The second-order valence-electron chi connectivity index (χ2n) is 3.19. The van der Waals surface area contributed by atoms with E-state index in [1.807, 2.05) is 6.07 Å². The van der Waals surface area contributed by atoms with Gasteiger partial charge in [0.2, 0.25) is 5.28 Å². The number of hydrogen-bond donors (Lipinski definition) is 0. The van der Waals surface area contributed by atoms with E-state index in [9.17, 15) is 0 Å². The first-order chi connectivity index (χ1) is 5.75. The minimum atomic E-state index is 0.326. The van der Waals surface area contributed by atoms with Gasteiger partial charge in [-0.1, -0.05) is 6.92 Å². The molecule has 0 atom stereocenters. The third kappa shape index (κ3) is 1.37. The first-order valence-corrected chi connectivity index (χ1v) is 4.37. The molecular weight excluding hydrogens is 174 g/mol. The molecule has 0 aromatic carbocycles. The van der Waals surface area contributed by atoms with Crippen molar-refractivity contribution < 1.29 is 0 Å². The summed E-state index contributed by atoms with van der Waals surface area (Å²) in [7, 11) is 0. The van der Waals surface area contributed by atoms with E-state index >= 15 is 0 Å². The van der Waals surface area contributed by atoms with Crippen molar-refractivity contribution in [3.8, 4) is 0 Å². The quantitative estimate of drug-likeness (QED) is 0.620. The lowest BCUT2D eigenvalue weighted by Gasteiger charge is -2.37. The fourth-order valence-electron chi connectivity index (χ4n) is 1.39. The van der Waals surface area contributed by atoms with Crippen LogP contribution in [-0.2, 0) is 0 Å². The summed E-state index contributed by atoms with van der Waals surface area (Å²) in [6.07, 6.45) is 1.69. The van der Waals surface area contributed by atoms with Gasteiger partial charge in [0.15, 0.2) is 0 Å². The molecule has 2 heterocycles. The Morgan fingerprint density at radius 2 is 2.33 bits per heavy atom. The first-order valence-electron chi connectivity index (χ1n) is 3.99. The van der Waals surface area contributed by atoms with E-state index in [0.29, 0.717) is 5.28 Å². The molecule has 1 saturated heterocycles. The molecule has 0 saturated carbocycles. The molecule has 1 aromatic rings. The molecule has 0 bridgehead atoms. The number of hydrogen-bond acceptors (Lipinski definition) is 3. The molecule has 0 spiro atoms. The Bertz CT molecular complexity index is 283. The molecule has 64 valence electrons. The minimum Gasteiger partial charge on any atom is -0.356 e. The van der Waals surface area contributed by atoms with Gasteiger partial charge in [0.1, 0.15) is 5.82 Å². The van der Waals surface area contributed by atoms with Crippen LogP contribution in [-0.4, -0.2) is 23.1 Å². The van der Waals surface area contributed by atoms with Gasteiger partial charge in [-0.2, -0.15) is 0 Å². The molecule has 12 heavy (non-hydrogen) atoms. The molecule has 3 nitrogen and oxygen atoms in total. The molecule has 1 aliphatic heterocycles. The standard InChI is InChI=1S/C8H10ClN3/c1-6-4-12(5-6)7-2-3-10-8(9)11-7/h2-3,6H,4-5H2,1H3. The minimum absolute atomic E-state index is 0.326. The number of anilines is 1. The molecule has 0 aliphatic carbocycles. The molecule has 0 N–H and O–H groups in total. The van der Waals surface area contributed by atoms with Gasteiger partial charge in [-0.05, 0) is 23.6 Å². The largest absolute Gasteiger partial charge is 0.356 e. The van der Waals surface area contributed by atoms with Crippen LogP contribution in [0.15, 0.2) is 12.3 Å². The summed E-state index contributed by atoms with van der Waals surface area (Å²) in [5.41, 5.74) is 0. The number of rotatable bonds is 1. The van der Waals surface area contributed by atoms with Crippen molar-refractivity contribution in [3.63, 3.8) is 0 Å². The predicted molar refractivity (Wildman–Crippen MR) is 48.4 cm³/mol. The van der Waals surface area contributed by atoms with Crippen molar-refractivity contribution in [2.75, 3.05) is 18.0 Å². The van der Waals surface area contributed by atoms with Gasteiger partial charge in [-0.15, -0.1) is 0 Å². The maximum atomic E-state index is 5.66. The highest BCUT2D eigenvalue weighted by Crippen LogP contribution is 2.22. The van der Waals surface area contributed by atoms with Crippen LogP contribution in [0.5, 0.6) is 0 Å². The highest BCUT2D eigenvalue weighted by Gasteiger charge is 2.23. The molecule has 0 unspecified atom stereocenters. The van der Waals surface area contributed by atoms with Crippen LogP contribution in [0.25, 0.3) is 0 Å². The summed E-state index contributed by atoms with van der Waals surface area (Å²) >= 11 is 5.66. The number of aromatic nitrogens is 2. The van der Waals surface area contributed by atoms with Crippen molar-refractivity contribution >= 4 is 17.4 Å². The summed E-state index contributed by atoms with van der Waals surface area (Å²) in [6.45, 7) is 4.37.